The number of hydrogen-bond acceptors (Lipinski definition) is 5. The molecule has 1 fully saturated rings. The van der Waals surface area contributed by atoms with Crippen molar-refractivity contribution in [1.29, 1.82) is 0 Å². The summed E-state index contributed by atoms with van der Waals surface area (Å²) in [6.07, 6.45) is 2.50. The molecule has 3 rings (SSSR count). The average molecular weight is 372 g/mol. The smallest absolute Gasteiger partial charge is 0.227 e. The highest BCUT2D eigenvalue weighted by Crippen LogP contribution is 2.22. The molecule has 1 aromatic heterocycles. The number of thiazole rings is 1. The molecule has 1 aliphatic heterocycles. The van der Waals surface area contributed by atoms with Gasteiger partial charge in [-0.2, -0.15) is 0 Å². The normalized spacial score (nSPS) is 17.1. The van der Waals surface area contributed by atoms with Crippen LogP contribution in [0.25, 0.3) is 0 Å². The highest BCUT2D eigenvalue weighted by molar-refractivity contribution is 7.15. The van der Waals surface area contributed by atoms with Crippen LogP contribution >= 0.6 is 23.7 Å². The summed E-state index contributed by atoms with van der Waals surface area (Å²) < 4.78 is 19.0. The van der Waals surface area contributed by atoms with Crippen LogP contribution in [-0.2, 0) is 16.0 Å². The first-order valence-corrected chi connectivity index (χ1v) is 8.31. The number of carbonyl (C=O) groups excluding carboxylic acids is 1. The second-order valence-corrected chi connectivity index (χ2v) is 6.49. The molecule has 5 nitrogen and oxygen atoms in total. The highest BCUT2D eigenvalue weighted by Gasteiger charge is 2.17. The molecule has 1 saturated heterocycles. The first-order valence-electron chi connectivity index (χ1n) is 7.50. The van der Waals surface area contributed by atoms with E-state index < -0.39 is 0 Å². The summed E-state index contributed by atoms with van der Waals surface area (Å²) >= 11 is 1.37. The molecule has 130 valence electrons. The first kappa shape index (κ1) is 18.8. The number of ether oxygens (including phenoxy) is 1. The minimum atomic E-state index is -0.227. The number of benzene rings is 1. The Kier molecular flexibility index (Phi) is 7.11. The number of aromatic nitrogens is 1. The van der Waals surface area contributed by atoms with Gasteiger partial charge in [-0.25, -0.2) is 9.37 Å². The van der Waals surface area contributed by atoms with E-state index in [1.807, 2.05) is 0 Å². The van der Waals surface area contributed by atoms with Gasteiger partial charge in [0.05, 0.1) is 13.2 Å². The van der Waals surface area contributed by atoms with E-state index in [2.05, 4.69) is 15.6 Å². The number of hydrogen-bond donors (Lipinski definition) is 2. The Morgan fingerprint density at radius 1 is 1.46 bits per heavy atom. The number of nitrogens with zero attached hydrogens (tertiary/aromatic N) is 1. The van der Waals surface area contributed by atoms with Crippen molar-refractivity contribution in [3.8, 4) is 0 Å². The maximum Gasteiger partial charge on any atom is 0.227 e. The third-order valence-corrected chi connectivity index (χ3v) is 4.47. The van der Waals surface area contributed by atoms with Gasteiger partial charge >= 0.3 is 0 Å². The van der Waals surface area contributed by atoms with Gasteiger partial charge in [0.2, 0.25) is 5.91 Å². The molecule has 2 heterocycles. The van der Waals surface area contributed by atoms with Crippen molar-refractivity contribution in [2.75, 3.05) is 25.1 Å². The van der Waals surface area contributed by atoms with Crippen molar-refractivity contribution >= 4 is 34.8 Å². The average Bonchev–Trinajstić information content (AvgIpc) is 2.97. The van der Waals surface area contributed by atoms with Gasteiger partial charge in [-0.3, -0.25) is 4.79 Å². The standard InChI is InChI=1S/C16H18FN3O2S.ClH/c17-14-4-2-1-3-11(14)7-13-9-19-16(23-13)20-15(21)8-12-10-22-6-5-18-12;/h1-4,9,12,18H,5-8,10H2,(H,19,20,21);1H. The lowest BCUT2D eigenvalue weighted by atomic mass is 10.1. The summed E-state index contributed by atoms with van der Waals surface area (Å²) in [7, 11) is 0. The van der Waals surface area contributed by atoms with Crippen molar-refractivity contribution in [3.05, 3.63) is 46.7 Å². The fourth-order valence-electron chi connectivity index (χ4n) is 2.42. The molecule has 1 aliphatic rings. The van der Waals surface area contributed by atoms with Gasteiger partial charge < -0.3 is 15.4 Å². The fourth-order valence-corrected chi connectivity index (χ4v) is 3.27. The number of morpholine rings is 1. The third kappa shape index (κ3) is 5.24. The number of amides is 1. The molecule has 1 unspecified atom stereocenters. The van der Waals surface area contributed by atoms with E-state index in [1.54, 1.807) is 24.4 Å². The molecule has 0 saturated carbocycles. The van der Waals surface area contributed by atoms with Crippen LogP contribution < -0.4 is 10.6 Å². The quantitative estimate of drug-likeness (QED) is 0.848. The van der Waals surface area contributed by atoms with Crippen molar-refractivity contribution in [3.63, 3.8) is 0 Å². The van der Waals surface area contributed by atoms with Gasteiger partial charge in [0, 0.05) is 36.5 Å². The lowest BCUT2D eigenvalue weighted by molar-refractivity contribution is -0.117. The second kappa shape index (κ2) is 9.08. The third-order valence-electron chi connectivity index (χ3n) is 3.55. The molecule has 0 aliphatic carbocycles. The van der Waals surface area contributed by atoms with Gasteiger partial charge in [0.25, 0.3) is 0 Å². The molecule has 0 radical (unpaired) electrons. The van der Waals surface area contributed by atoms with E-state index in [1.165, 1.54) is 17.4 Å². The Labute approximate surface area is 150 Å². The van der Waals surface area contributed by atoms with Crippen LogP contribution in [0.1, 0.15) is 16.9 Å². The summed E-state index contributed by atoms with van der Waals surface area (Å²) in [4.78, 5) is 17.1. The number of halogens is 2. The van der Waals surface area contributed by atoms with Crippen molar-refractivity contribution in [2.45, 2.75) is 18.9 Å². The summed E-state index contributed by atoms with van der Waals surface area (Å²) in [6.45, 7) is 2.00. The van der Waals surface area contributed by atoms with E-state index in [0.717, 1.165) is 11.4 Å². The molecule has 0 bridgehead atoms. The summed E-state index contributed by atoms with van der Waals surface area (Å²) in [5.74, 6) is -0.324. The SMILES string of the molecule is Cl.O=C(CC1COCCN1)Nc1ncc(Cc2ccccc2F)s1. The molecule has 8 heteroatoms. The molecule has 2 N–H and O–H groups in total. The van der Waals surface area contributed by atoms with Crippen molar-refractivity contribution in [2.24, 2.45) is 0 Å². The zero-order chi connectivity index (χ0) is 16.1. The predicted molar refractivity (Wildman–Crippen MR) is 94.4 cm³/mol. The number of carbonyl (C=O) groups is 1. The second-order valence-electron chi connectivity index (χ2n) is 5.38. The van der Waals surface area contributed by atoms with Gasteiger partial charge in [-0.05, 0) is 11.6 Å². The van der Waals surface area contributed by atoms with Gasteiger partial charge in [0.1, 0.15) is 5.82 Å². The molecule has 2 aromatic rings. The van der Waals surface area contributed by atoms with E-state index in [9.17, 15) is 9.18 Å². The number of nitrogens with one attached hydrogen (secondary N) is 2. The maximum absolute atomic E-state index is 13.6. The van der Waals surface area contributed by atoms with Gasteiger partial charge in [0.15, 0.2) is 5.13 Å². The van der Waals surface area contributed by atoms with Crippen LogP contribution in [0, 0.1) is 5.82 Å². The monoisotopic (exact) mass is 371 g/mol. The van der Waals surface area contributed by atoms with E-state index in [4.69, 9.17) is 4.74 Å². The Hall–Kier alpha value is -1.54. The van der Waals surface area contributed by atoms with Crippen LogP contribution in [0.3, 0.4) is 0 Å². The Balaban J connectivity index is 0.00000208. The van der Waals surface area contributed by atoms with E-state index in [0.29, 0.717) is 36.8 Å². The first-order chi connectivity index (χ1) is 11.2. The zero-order valence-corrected chi connectivity index (χ0v) is 14.6. The minimum absolute atomic E-state index is 0. The summed E-state index contributed by atoms with van der Waals surface area (Å²) in [6, 6.07) is 6.71. The van der Waals surface area contributed by atoms with Crippen molar-refractivity contribution < 1.29 is 13.9 Å². The van der Waals surface area contributed by atoms with Crippen LogP contribution in [0.5, 0.6) is 0 Å². The highest BCUT2D eigenvalue weighted by atomic mass is 35.5. The Morgan fingerprint density at radius 3 is 3.04 bits per heavy atom. The molecule has 1 amide bonds. The van der Waals surface area contributed by atoms with Gasteiger partial charge in [-0.15, -0.1) is 23.7 Å². The lowest BCUT2D eigenvalue weighted by Crippen LogP contribution is -2.43. The van der Waals surface area contributed by atoms with Crippen LogP contribution in [0.15, 0.2) is 30.5 Å². The van der Waals surface area contributed by atoms with Crippen molar-refractivity contribution in [1.82, 2.24) is 10.3 Å². The molecular weight excluding hydrogens is 353 g/mol. The van der Waals surface area contributed by atoms with Gasteiger partial charge in [-0.1, -0.05) is 18.2 Å². The molecule has 1 aromatic carbocycles. The number of anilines is 1. The molecular formula is C16H19ClFN3O2S. The molecule has 0 spiro atoms. The maximum atomic E-state index is 13.6. The van der Waals surface area contributed by atoms with Crippen LogP contribution in [-0.4, -0.2) is 36.7 Å². The summed E-state index contributed by atoms with van der Waals surface area (Å²) in [5, 5.41) is 6.56. The Morgan fingerprint density at radius 2 is 2.29 bits per heavy atom. The fraction of sp³-hybridized carbons (Fsp3) is 0.375. The topological polar surface area (TPSA) is 63.2 Å². The molecule has 1 atom stereocenters. The molecule has 24 heavy (non-hydrogen) atoms. The Bertz CT molecular complexity index is 677. The zero-order valence-electron chi connectivity index (χ0n) is 13.0. The van der Waals surface area contributed by atoms with E-state index >= 15 is 0 Å². The lowest BCUT2D eigenvalue weighted by Gasteiger charge is -2.22. The predicted octanol–water partition coefficient (Wildman–Crippen LogP) is 2.61. The largest absolute Gasteiger partial charge is 0.378 e. The van der Waals surface area contributed by atoms with Crippen LogP contribution in [0.2, 0.25) is 0 Å². The minimum Gasteiger partial charge on any atom is -0.378 e. The summed E-state index contributed by atoms with van der Waals surface area (Å²) in [5.41, 5.74) is 0.623. The number of rotatable bonds is 5. The van der Waals surface area contributed by atoms with Crippen LogP contribution in [0.4, 0.5) is 9.52 Å². The van der Waals surface area contributed by atoms with E-state index in [-0.39, 0.29) is 30.2 Å².